The number of likely N-dealkylation sites (N-methyl/N-ethyl adjacent to an activating group) is 1. The molecule has 1 aromatic rings. The maximum absolute atomic E-state index is 13.2. The molecule has 1 amide bonds. The van der Waals surface area contributed by atoms with Gasteiger partial charge in [0, 0.05) is 7.05 Å². The molecule has 0 heterocycles. The van der Waals surface area contributed by atoms with Crippen molar-refractivity contribution in [3.05, 3.63) is 30.1 Å². The molecule has 0 radical (unpaired) electrons. The maximum Gasteiger partial charge on any atom is 0.239 e. The van der Waals surface area contributed by atoms with Crippen molar-refractivity contribution in [2.45, 2.75) is 13.0 Å². The first-order chi connectivity index (χ1) is 8.02. The molecular formula is C12H18ClFN2O2. The van der Waals surface area contributed by atoms with Gasteiger partial charge in [0.25, 0.3) is 0 Å². The molecule has 0 aliphatic rings. The highest BCUT2D eigenvalue weighted by Crippen LogP contribution is 2.14. The molecule has 1 aromatic carbocycles. The number of para-hydroxylation sites is 1. The normalized spacial score (nSPS) is 11.3. The third-order valence-corrected chi connectivity index (χ3v) is 2.29. The summed E-state index contributed by atoms with van der Waals surface area (Å²) in [6.45, 7) is 2.22. The van der Waals surface area contributed by atoms with Gasteiger partial charge in [-0.3, -0.25) is 4.79 Å². The van der Waals surface area contributed by atoms with E-state index in [2.05, 4.69) is 0 Å². The van der Waals surface area contributed by atoms with Crippen LogP contribution in [0.3, 0.4) is 0 Å². The van der Waals surface area contributed by atoms with Gasteiger partial charge < -0.3 is 15.4 Å². The Kier molecular flexibility index (Phi) is 7.31. The van der Waals surface area contributed by atoms with Crippen molar-refractivity contribution in [1.29, 1.82) is 0 Å². The van der Waals surface area contributed by atoms with Gasteiger partial charge in [-0.15, -0.1) is 12.4 Å². The highest BCUT2D eigenvalue weighted by atomic mass is 35.5. The van der Waals surface area contributed by atoms with Crippen LogP contribution in [0.5, 0.6) is 5.75 Å². The Balaban J connectivity index is 0.00000289. The maximum atomic E-state index is 13.2. The minimum atomic E-state index is -0.534. The van der Waals surface area contributed by atoms with Gasteiger partial charge in [-0.05, 0) is 19.1 Å². The molecule has 0 saturated heterocycles. The lowest BCUT2D eigenvalue weighted by molar-refractivity contribution is -0.131. The number of hydrogen-bond acceptors (Lipinski definition) is 3. The van der Waals surface area contributed by atoms with Gasteiger partial charge >= 0.3 is 0 Å². The van der Waals surface area contributed by atoms with E-state index in [1.165, 1.54) is 11.0 Å². The Bertz CT molecular complexity index is 388. The third-order valence-electron chi connectivity index (χ3n) is 2.29. The summed E-state index contributed by atoms with van der Waals surface area (Å²) in [5.41, 5.74) is 5.45. The van der Waals surface area contributed by atoms with Gasteiger partial charge in [0.15, 0.2) is 11.6 Å². The van der Waals surface area contributed by atoms with Gasteiger partial charge in [-0.2, -0.15) is 0 Å². The number of ether oxygens (including phenoxy) is 1. The number of amides is 1. The largest absolute Gasteiger partial charge is 0.489 e. The number of nitrogens with two attached hydrogens (primary N) is 1. The van der Waals surface area contributed by atoms with Crippen LogP contribution < -0.4 is 10.5 Å². The fourth-order valence-electron chi connectivity index (χ4n) is 1.31. The summed E-state index contributed by atoms with van der Waals surface area (Å²) in [6.07, 6.45) is 0. The monoisotopic (exact) mass is 276 g/mol. The molecule has 0 fully saturated rings. The quantitative estimate of drug-likeness (QED) is 0.885. The van der Waals surface area contributed by atoms with Crippen molar-refractivity contribution >= 4 is 18.3 Å². The van der Waals surface area contributed by atoms with Gasteiger partial charge in [0.2, 0.25) is 5.91 Å². The molecule has 18 heavy (non-hydrogen) atoms. The van der Waals surface area contributed by atoms with Crippen LogP contribution >= 0.6 is 12.4 Å². The molecule has 0 aromatic heterocycles. The van der Waals surface area contributed by atoms with E-state index in [0.717, 1.165) is 0 Å². The number of rotatable bonds is 5. The average molecular weight is 277 g/mol. The van der Waals surface area contributed by atoms with E-state index in [1.54, 1.807) is 32.2 Å². The molecule has 0 unspecified atom stereocenters. The Morgan fingerprint density at radius 2 is 2.11 bits per heavy atom. The molecule has 0 aliphatic heterocycles. The molecule has 0 spiro atoms. The lowest BCUT2D eigenvalue weighted by atomic mass is 10.3. The highest BCUT2D eigenvalue weighted by Gasteiger charge is 2.13. The molecule has 0 saturated carbocycles. The van der Waals surface area contributed by atoms with Crippen LogP contribution in [0, 0.1) is 5.82 Å². The predicted octanol–water partition coefficient (Wildman–Crippen LogP) is 1.43. The first-order valence-electron chi connectivity index (χ1n) is 5.40. The summed E-state index contributed by atoms with van der Waals surface area (Å²) in [4.78, 5) is 12.9. The van der Waals surface area contributed by atoms with Crippen LogP contribution in [0.1, 0.15) is 6.92 Å². The predicted molar refractivity (Wildman–Crippen MR) is 70.4 cm³/mol. The number of carbonyl (C=O) groups excluding carboxylic acids is 1. The Hall–Kier alpha value is -1.33. The first kappa shape index (κ1) is 16.7. The fraction of sp³-hybridized carbons (Fsp3) is 0.417. The van der Waals surface area contributed by atoms with Crippen molar-refractivity contribution in [1.82, 2.24) is 4.90 Å². The minimum Gasteiger partial charge on any atom is -0.489 e. The number of carbonyl (C=O) groups is 1. The zero-order valence-electron chi connectivity index (χ0n) is 10.4. The van der Waals surface area contributed by atoms with Crippen molar-refractivity contribution in [2.75, 3.05) is 20.2 Å². The summed E-state index contributed by atoms with van der Waals surface area (Å²) in [7, 11) is 1.64. The van der Waals surface area contributed by atoms with E-state index in [0.29, 0.717) is 6.54 Å². The zero-order valence-corrected chi connectivity index (χ0v) is 11.2. The van der Waals surface area contributed by atoms with Crippen molar-refractivity contribution in [3.8, 4) is 5.75 Å². The molecule has 0 aliphatic carbocycles. The van der Waals surface area contributed by atoms with Crippen molar-refractivity contribution in [3.63, 3.8) is 0 Å². The summed E-state index contributed by atoms with van der Waals surface area (Å²) >= 11 is 0. The second-order valence-electron chi connectivity index (χ2n) is 3.83. The topological polar surface area (TPSA) is 55.6 Å². The van der Waals surface area contributed by atoms with E-state index in [9.17, 15) is 9.18 Å². The van der Waals surface area contributed by atoms with Gasteiger partial charge in [-0.1, -0.05) is 12.1 Å². The lowest BCUT2D eigenvalue weighted by Gasteiger charge is -2.19. The Morgan fingerprint density at radius 3 is 2.67 bits per heavy atom. The fourth-order valence-corrected chi connectivity index (χ4v) is 1.31. The Labute approximate surface area is 112 Å². The lowest BCUT2D eigenvalue weighted by Crippen LogP contribution is -2.41. The van der Waals surface area contributed by atoms with Crippen LogP contribution in [0.25, 0.3) is 0 Å². The van der Waals surface area contributed by atoms with Crippen LogP contribution in [0.2, 0.25) is 0 Å². The van der Waals surface area contributed by atoms with E-state index < -0.39 is 11.9 Å². The number of halogens is 2. The van der Waals surface area contributed by atoms with Gasteiger partial charge in [0.05, 0.1) is 12.6 Å². The summed E-state index contributed by atoms with van der Waals surface area (Å²) < 4.78 is 18.4. The van der Waals surface area contributed by atoms with Crippen LogP contribution in [-0.2, 0) is 4.79 Å². The molecule has 4 nitrogen and oxygen atoms in total. The van der Waals surface area contributed by atoms with Gasteiger partial charge in [0.1, 0.15) is 6.61 Å². The molecule has 2 N–H and O–H groups in total. The molecular weight excluding hydrogens is 259 g/mol. The molecule has 1 rings (SSSR count). The van der Waals surface area contributed by atoms with Crippen molar-refractivity contribution < 1.29 is 13.9 Å². The van der Waals surface area contributed by atoms with E-state index in [4.69, 9.17) is 10.5 Å². The third kappa shape index (κ3) is 4.89. The summed E-state index contributed by atoms with van der Waals surface area (Å²) in [6, 6.07) is 5.62. The van der Waals surface area contributed by atoms with Crippen LogP contribution in [0.15, 0.2) is 24.3 Å². The highest BCUT2D eigenvalue weighted by molar-refractivity contribution is 5.85. The average Bonchev–Trinajstić information content (AvgIpc) is 2.30. The van der Waals surface area contributed by atoms with E-state index in [-0.39, 0.29) is 30.7 Å². The molecule has 102 valence electrons. The SMILES string of the molecule is C[C@H](N)C(=O)N(C)CCOc1ccccc1F.Cl. The van der Waals surface area contributed by atoms with E-state index in [1.807, 2.05) is 0 Å². The molecule has 1 atom stereocenters. The molecule has 6 heteroatoms. The summed E-state index contributed by atoms with van der Waals surface area (Å²) in [5.74, 6) is -0.384. The number of nitrogens with zero attached hydrogens (tertiary/aromatic N) is 1. The van der Waals surface area contributed by atoms with Crippen LogP contribution in [0.4, 0.5) is 4.39 Å². The first-order valence-corrected chi connectivity index (χ1v) is 5.40. The van der Waals surface area contributed by atoms with E-state index >= 15 is 0 Å². The minimum absolute atomic E-state index is 0. The van der Waals surface area contributed by atoms with Crippen LogP contribution in [-0.4, -0.2) is 37.0 Å². The smallest absolute Gasteiger partial charge is 0.239 e. The van der Waals surface area contributed by atoms with Crippen molar-refractivity contribution in [2.24, 2.45) is 5.73 Å². The Morgan fingerprint density at radius 1 is 1.50 bits per heavy atom. The second-order valence-corrected chi connectivity index (χ2v) is 3.83. The second kappa shape index (κ2) is 7.89. The standard InChI is InChI=1S/C12H17FN2O2.ClH/c1-9(14)12(16)15(2)7-8-17-11-6-4-3-5-10(11)13;/h3-6,9H,7-8,14H2,1-2H3;1H/t9-;/m0./s1. The van der Waals surface area contributed by atoms with Gasteiger partial charge in [-0.25, -0.2) is 4.39 Å². The number of hydrogen-bond donors (Lipinski definition) is 1. The zero-order chi connectivity index (χ0) is 12.8. The number of benzene rings is 1. The molecule has 0 bridgehead atoms. The summed E-state index contributed by atoms with van der Waals surface area (Å²) in [5, 5.41) is 0.